The van der Waals surface area contributed by atoms with Gasteiger partial charge in [0.05, 0.1) is 23.4 Å². The molecule has 7 nitrogen and oxygen atoms in total. The van der Waals surface area contributed by atoms with E-state index < -0.39 is 11.9 Å². The molecular weight excluding hydrogens is 492 g/mol. The molecule has 2 aromatic rings. The van der Waals surface area contributed by atoms with E-state index in [0.717, 1.165) is 12.0 Å². The second-order valence-corrected chi connectivity index (χ2v) is 11.3. The van der Waals surface area contributed by atoms with Gasteiger partial charge in [0.15, 0.2) is 0 Å². The summed E-state index contributed by atoms with van der Waals surface area (Å²) >= 11 is 6.21. The average molecular weight is 517 g/mol. The maximum Gasteiger partial charge on any atom is 0.316 e. The van der Waals surface area contributed by atoms with Crippen molar-refractivity contribution in [2.45, 2.75) is 19.8 Å². The Hall–Kier alpha value is -3.45. The van der Waals surface area contributed by atoms with Crippen LogP contribution in [0.5, 0.6) is 5.75 Å². The van der Waals surface area contributed by atoms with Gasteiger partial charge >= 0.3 is 5.97 Å². The number of carbonyl (C=O) groups excluding carboxylic acids is 4. The molecule has 4 fully saturated rings. The van der Waals surface area contributed by atoms with Crippen LogP contribution in [0.3, 0.4) is 0 Å². The smallest absolute Gasteiger partial charge is 0.316 e. The second kappa shape index (κ2) is 8.02. The van der Waals surface area contributed by atoms with Crippen LogP contribution in [-0.4, -0.2) is 30.2 Å². The quantitative estimate of drug-likeness (QED) is 0.264. The van der Waals surface area contributed by atoms with Crippen LogP contribution in [-0.2, 0) is 19.2 Å². The molecule has 8 heteroatoms. The normalized spacial score (nSPS) is 33.1. The lowest BCUT2D eigenvalue weighted by atomic mass is 9.63. The lowest BCUT2D eigenvalue weighted by molar-refractivity contribution is -0.139. The Kier molecular flexibility index (Phi) is 4.93. The summed E-state index contributed by atoms with van der Waals surface area (Å²) in [6.07, 6.45) is 5.48. The van der Waals surface area contributed by atoms with Crippen molar-refractivity contribution in [2.24, 2.45) is 41.4 Å². The van der Waals surface area contributed by atoms with E-state index >= 15 is 0 Å². The standard InChI is InChI=1S/C29H25ClN2O5/c1-14-2-3-17(11-23(14)30)31-13-15(10-24(31)33)29(36)37-18-6-4-16(5-7-18)32-27(34)25-19-8-9-20(22-12-21(19)22)26(25)28(32)35/h2-9,11,15,19-22,25-26H,10,12-13H2,1H3/t15-,19+,20+,21+,22+,25-,26-/m1/s1. The molecule has 2 aliphatic heterocycles. The van der Waals surface area contributed by atoms with Crippen molar-refractivity contribution >= 4 is 46.7 Å². The van der Waals surface area contributed by atoms with Gasteiger partial charge in [-0.2, -0.15) is 0 Å². The molecule has 0 unspecified atom stereocenters. The van der Waals surface area contributed by atoms with Crippen LogP contribution in [0.4, 0.5) is 11.4 Å². The number of rotatable bonds is 4. The first-order chi connectivity index (χ1) is 17.8. The van der Waals surface area contributed by atoms with E-state index in [9.17, 15) is 19.2 Å². The second-order valence-electron chi connectivity index (χ2n) is 10.9. The SMILES string of the molecule is Cc1ccc(N2C[C@H](C(=O)Oc3ccc(N4C(=O)[C@@H]5[C@H]6C=C[C@@H]([C@@H]7C[C@@H]67)[C@H]5C4=O)cc3)CC2=O)cc1Cl. The minimum atomic E-state index is -0.605. The minimum Gasteiger partial charge on any atom is -0.426 e. The number of carbonyl (C=O) groups is 4. The van der Waals surface area contributed by atoms with Gasteiger partial charge in [0.2, 0.25) is 17.7 Å². The van der Waals surface area contributed by atoms with Gasteiger partial charge in [-0.1, -0.05) is 29.8 Å². The summed E-state index contributed by atoms with van der Waals surface area (Å²) < 4.78 is 5.56. The Morgan fingerprint density at radius 2 is 1.54 bits per heavy atom. The molecule has 0 spiro atoms. The fourth-order valence-corrected chi connectivity index (χ4v) is 7.11. The highest BCUT2D eigenvalue weighted by molar-refractivity contribution is 6.31. The molecule has 7 atom stereocenters. The third-order valence-electron chi connectivity index (χ3n) is 8.90. The molecule has 8 rings (SSSR count). The lowest BCUT2D eigenvalue weighted by Crippen LogP contribution is -2.40. The van der Waals surface area contributed by atoms with Crippen LogP contribution in [0.25, 0.3) is 0 Å². The molecule has 188 valence electrons. The van der Waals surface area contributed by atoms with Crippen molar-refractivity contribution in [1.29, 1.82) is 0 Å². The van der Waals surface area contributed by atoms with E-state index in [2.05, 4.69) is 12.2 Å². The van der Waals surface area contributed by atoms with Crippen molar-refractivity contribution < 1.29 is 23.9 Å². The minimum absolute atomic E-state index is 0.0559. The summed E-state index contributed by atoms with van der Waals surface area (Å²) in [5.41, 5.74) is 2.06. The molecule has 0 aromatic heterocycles. The Morgan fingerprint density at radius 1 is 0.919 bits per heavy atom. The van der Waals surface area contributed by atoms with Crippen molar-refractivity contribution in [2.75, 3.05) is 16.3 Å². The number of nitrogens with zero attached hydrogens (tertiary/aromatic N) is 2. The number of allylic oxidation sites excluding steroid dienone is 2. The summed E-state index contributed by atoms with van der Waals surface area (Å²) in [6, 6.07) is 11.9. The third-order valence-corrected chi connectivity index (χ3v) is 9.31. The molecule has 2 saturated heterocycles. The molecule has 0 N–H and O–H groups in total. The van der Waals surface area contributed by atoms with Crippen molar-refractivity contribution in [3.8, 4) is 5.75 Å². The van der Waals surface area contributed by atoms with Crippen molar-refractivity contribution in [3.05, 3.63) is 65.2 Å². The zero-order valence-corrected chi connectivity index (χ0v) is 20.9. The van der Waals surface area contributed by atoms with E-state index in [1.54, 1.807) is 35.2 Å². The Balaban J connectivity index is 1.03. The maximum absolute atomic E-state index is 13.3. The molecule has 2 saturated carbocycles. The van der Waals surface area contributed by atoms with Gasteiger partial charge in [0.1, 0.15) is 5.75 Å². The highest BCUT2D eigenvalue weighted by atomic mass is 35.5. The van der Waals surface area contributed by atoms with Crippen molar-refractivity contribution in [1.82, 2.24) is 0 Å². The van der Waals surface area contributed by atoms with Gasteiger partial charge in [-0.25, -0.2) is 0 Å². The summed E-state index contributed by atoms with van der Waals surface area (Å²) in [5, 5.41) is 0.561. The number of amides is 3. The van der Waals surface area contributed by atoms with E-state index in [-0.39, 0.29) is 54.4 Å². The first-order valence-corrected chi connectivity index (χ1v) is 13.1. The number of anilines is 2. The Labute approximate surface area is 219 Å². The van der Waals surface area contributed by atoms with E-state index in [1.807, 2.05) is 19.1 Å². The third kappa shape index (κ3) is 3.40. The first kappa shape index (κ1) is 22.7. The molecule has 0 radical (unpaired) electrons. The largest absolute Gasteiger partial charge is 0.426 e. The zero-order chi connectivity index (χ0) is 25.6. The molecule has 4 aliphatic carbocycles. The number of imide groups is 1. The molecule has 37 heavy (non-hydrogen) atoms. The molecule has 2 aromatic carbocycles. The number of hydrogen-bond donors (Lipinski definition) is 0. The zero-order valence-electron chi connectivity index (χ0n) is 20.2. The van der Waals surface area contributed by atoms with Crippen molar-refractivity contribution in [3.63, 3.8) is 0 Å². The number of hydrogen-bond acceptors (Lipinski definition) is 5. The molecule has 2 heterocycles. The van der Waals surface area contributed by atoms with E-state index in [0.29, 0.717) is 34.0 Å². The number of halogens is 1. The summed E-state index contributed by atoms with van der Waals surface area (Å²) in [7, 11) is 0. The fourth-order valence-electron chi connectivity index (χ4n) is 6.94. The summed E-state index contributed by atoms with van der Waals surface area (Å²) in [5.74, 6) is -0.261. The highest BCUT2D eigenvalue weighted by Gasteiger charge is 2.67. The van der Waals surface area contributed by atoms with Gasteiger partial charge in [-0.05, 0) is 79.0 Å². The van der Waals surface area contributed by atoms with Crippen LogP contribution in [0.2, 0.25) is 5.02 Å². The summed E-state index contributed by atoms with van der Waals surface area (Å²) in [6.45, 7) is 2.10. The molecule has 6 aliphatic rings. The lowest BCUT2D eigenvalue weighted by Gasteiger charge is -2.37. The van der Waals surface area contributed by atoms with Crippen LogP contribution >= 0.6 is 11.6 Å². The maximum atomic E-state index is 13.3. The van der Waals surface area contributed by atoms with Crippen LogP contribution in [0, 0.1) is 48.3 Å². The van der Waals surface area contributed by atoms with Crippen LogP contribution < -0.4 is 14.5 Å². The van der Waals surface area contributed by atoms with Crippen LogP contribution in [0.1, 0.15) is 18.4 Å². The van der Waals surface area contributed by atoms with Gasteiger partial charge in [-0.15, -0.1) is 0 Å². The number of benzene rings is 2. The van der Waals surface area contributed by atoms with E-state index in [4.69, 9.17) is 16.3 Å². The first-order valence-electron chi connectivity index (χ1n) is 12.8. The number of esters is 1. The Bertz CT molecular complexity index is 1370. The predicted octanol–water partition coefficient (Wildman–Crippen LogP) is 4.16. The molecular formula is C29H25ClN2O5. The van der Waals surface area contributed by atoms with Gasteiger partial charge in [-0.3, -0.25) is 24.1 Å². The average Bonchev–Trinajstić information content (AvgIpc) is 3.57. The van der Waals surface area contributed by atoms with Crippen LogP contribution in [0.15, 0.2) is 54.6 Å². The Morgan fingerprint density at radius 3 is 2.16 bits per heavy atom. The number of ether oxygens (including phenoxy) is 1. The predicted molar refractivity (Wildman–Crippen MR) is 136 cm³/mol. The van der Waals surface area contributed by atoms with Gasteiger partial charge < -0.3 is 9.64 Å². The molecule has 2 bridgehead atoms. The molecule has 3 amide bonds. The highest BCUT2D eigenvalue weighted by Crippen LogP contribution is 2.65. The monoisotopic (exact) mass is 516 g/mol. The number of aryl methyl sites for hydroxylation is 1. The van der Waals surface area contributed by atoms with Gasteiger partial charge in [0.25, 0.3) is 0 Å². The van der Waals surface area contributed by atoms with E-state index in [1.165, 1.54) is 4.90 Å². The summed E-state index contributed by atoms with van der Waals surface area (Å²) in [4.78, 5) is 54.9. The topological polar surface area (TPSA) is 84.0 Å². The fraction of sp³-hybridized carbons (Fsp3) is 0.379. The van der Waals surface area contributed by atoms with Gasteiger partial charge in [0, 0.05) is 23.7 Å².